The lowest BCUT2D eigenvalue weighted by Crippen LogP contribution is -3.28. The van der Waals surface area contributed by atoms with Crippen LogP contribution in [0.25, 0.3) is 0 Å². The minimum Gasteiger partial charge on any atom is -0.493 e. The molecule has 7 heteroatoms. The summed E-state index contributed by atoms with van der Waals surface area (Å²) < 4.78 is 5.59. The number of quaternary nitrogens is 2. The SMILES string of the molecule is CNC(=O)c1ccc(NC(=O)C[NH+]2CC[NH+](Cc3ccc4c(c3)CCO4)CC2)cc1. The first-order valence-corrected chi connectivity index (χ1v) is 10.6. The van der Waals surface area contributed by atoms with Crippen molar-refractivity contribution >= 4 is 17.5 Å². The summed E-state index contributed by atoms with van der Waals surface area (Å²) in [6.45, 7) is 6.42. The number of nitrogens with one attached hydrogen (secondary N) is 4. The first-order valence-electron chi connectivity index (χ1n) is 10.6. The molecule has 0 aliphatic carbocycles. The van der Waals surface area contributed by atoms with Gasteiger partial charge in [0.25, 0.3) is 11.8 Å². The van der Waals surface area contributed by atoms with E-state index in [1.54, 1.807) is 36.2 Å². The number of hydrogen-bond acceptors (Lipinski definition) is 3. The van der Waals surface area contributed by atoms with Crippen LogP contribution < -0.4 is 25.2 Å². The third-order valence-electron chi connectivity index (χ3n) is 5.94. The van der Waals surface area contributed by atoms with Crippen molar-refractivity contribution in [3.63, 3.8) is 0 Å². The molecule has 2 amide bonds. The average molecular weight is 411 g/mol. The Bertz CT molecular complexity index is 905. The van der Waals surface area contributed by atoms with Gasteiger partial charge in [-0.15, -0.1) is 0 Å². The fraction of sp³-hybridized carbons (Fsp3) is 0.391. The van der Waals surface area contributed by atoms with Crippen LogP contribution >= 0.6 is 0 Å². The molecule has 1 saturated heterocycles. The Morgan fingerprint density at radius 1 is 1.00 bits per heavy atom. The summed E-state index contributed by atoms with van der Waals surface area (Å²) in [5.74, 6) is 0.919. The zero-order valence-electron chi connectivity index (χ0n) is 17.4. The molecule has 0 radical (unpaired) electrons. The van der Waals surface area contributed by atoms with Gasteiger partial charge in [0.2, 0.25) is 0 Å². The van der Waals surface area contributed by atoms with Crippen LogP contribution in [-0.4, -0.2) is 58.2 Å². The van der Waals surface area contributed by atoms with Gasteiger partial charge in [-0.25, -0.2) is 0 Å². The van der Waals surface area contributed by atoms with E-state index in [-0.39, 0.29) is 11.8 Å². The standard InChI is InChI=1S/C23H28N4O3/c1-24-23(29)18-3-5-20(6-4-18)25-22(28)16-27-11-9-26(10-12-27)15-17-2-7-21-19(14-17)8-13-30-21/h2-7,14H,8-13,15-16H2,1H3,(H,24,29)(H,25,28)/p+2. The molecule has 2 aliphatic rings. The molecule has 0 atom stereocenters. The van der Waals surface area contributed by atoms with Crippen LogP contribution in [0.1, 0.15) is 21.5 Å². The minimum absolute atomic E-state index is 0.0137. The van der Waals surface area contributed by atoms with Crippen molar-refractivity contribution in [3.8, 4) is 5.75 Å². The number of amides is 2. The highest BCUT2D eigenvalue weighted by Crippen LogP contribution is 2.25. The van der Waals surface area contributed by atoms with Crippen molar-refractivity contribution < 1.29 is 24.1 Å². The summed E-state index contributed by atoms with van der Waals surface area (Å²) in [4.78, 5) is 26.9. The Morgan fingerprint density at radius 2 is 1.73 bits per heavy atom. The maximum atomic E-state index is 12.4. The number of fused-ring (bicyclic) bond motifs is 1. The van der Waals surface area contributed by atoms with E-state index in [9.17, 15) is 9.59 Å². The summed E-state index contributed by atoms with van der Waals surface area (Å²) in [5, 5.41) is 5.53. The predicted octanol–water partition coefficient (Wildman–Crippen LogP) is -1.10. The Morgan fingerprint density at radius 3 is 2.47 bits per heavy atom. The molecule has 0 bridgehead atoms. The van der Waals surface area contributed by atoms with Gasteiger partial charge in [0.15, 0.2) is 6.54 Å². The van der Waals surface area contributed by atoms with E-state index in [0.717, 1.165) is 57.2 Å². The quantitative estimate of drug-likeness (QED) is 0.489. The van der Waals surface area contributed by atoms with E-state index in [1.807, 2.05) is 0 Å². The Hall–Kier alpha value is -2.90. The summed E-state index contributed by atoms with van der Waals surface area (Å²) in [5.41, 5.74) is 4.00. The molecular formula is C23H30N4O3+2. The molecule has 158 valence electrons. The van der Waals surface area contributed by atoms with Crippen LogP contribution in [0.4, 0.5) is 5.69 Å². The number of ether oxygens (including phenoxy) is 1. The second kappa shape index (κ2) is 9.28. The van der Waals surface area contributed by atoms with Gasteiger partial charge in [-0.05, 0) is 48.0 Å². The summed E-state index contributed by atoms with van der Waals surface area (Å²) in [7, 11) is 1.60. The molecule has 2 aromatic rings. The number of benzene rings is 2. The van der Waals surface area contributed by atoms with Gasteiger partial charge >= 0.3 is 0 Å². The first-order chi connectivity index (χ1) is 14.6. The van der Waals surface area contributed by atoms with Crippen LogP contribution in [0.3, 0.4) is 0 Å². The first kappa shape index (κ1) is 20.4. The second-order valence-electron chi connectivity index (χ2n) is 8.10. The van der Waals surface area contributed by atoms with Gasteiger partial charge in [0.1, 0.15) is 38.5 Å². The van der Waals surface area contributed by atoms with Crippen LogP contribution in [0.2, 0.25) is 0 Å². The van der Waals surface area contributed by atoms with Crippen molar-refractivity contribution in [2.45, 2.75) is 13.0 Å². The second-order valence-corrected chi connectivity index (χ2v) is 8.10. The van der Waals surface area contributed by atoms with E-state index >= 15 is 0 Å². The molecule has 30 heavy (non-hydrogen) atoms. The molecule has 0 aromatic heterocycles. The molecule has 4 rings (SSSR count). The fourth-order valence-corrected chi connectivity index (χ4v) is 4.23. The van der Waals surface area contributed by atoms with Crippen LogP contribution in [0.15, 0.2) is 42.5 Å². The largest absolute Gasteiger partial charge is 0.493 e. The van der Waals surface area contributed by atoms with Crippen molar-refractivity contribution in [1.29, 1.82) is 0 Å². The zero-order valence-corrected chi connectivity index (χ0v) is 17.4. The van der Waals surface area contributed by atoms with Crippen LogP contribution in [0.5, 0.6) is 5.75 Å². The molecule has 0 spiro atoms. The van der Waals surface area contributed by atoms with Gasteiger partial charge < -0.3 is 25.2 Å². The third kappa shape index (κ3) is 4.98. The van der Waals surface area contributed by atoms with Gasteiger partial charge in [-0.3, -0.25) is 9.59 Å². The lowest BCUT2D eigenvalue weighted by Gasteiger charge is -2.29. The highest BCUT2D eigenvalue weighted by molar-refractivity contribution is 5.95. The highest BCUT2D eigenvalue weighted by Gasteiger charge is 2.25. The molecule has 0 saturated carbocycles. The lowest BCUT2D eigenvalue weighted by molar-refractivity contribution is -1.02. The molecule has 2 heterocycles. The van der Waals surface area contributed by atoms with Crippen molar-refractivity contribution in [1.82, 2.24) is 5.32 Å². The van der Waals surface area contributed by atoms with E-state index in [1.165, 1.54) is 16.0 Å². The number of hydrogen-bond donors (Lipinski definition) is 4. The van der Waals surface area contributed by atoms with Gasteiger partial charge in [0, 0.05) is 30.3 Å². The van der Waals surface area contributed by atoms with Gasteiger partial charge in [0.05, 0.1) is 6.61 Å². The molecular weight excluding hydrogens is 380 g/mol. The molecule has 2 aliphatic heterocycles. The normalized spacial score (nSPS) is 20.2. The predicted molar refractivity (Wildman–Crippen MR) is 114 cm³/mol. The maximum absolute atomic E-state index is 12.4. The van der Waals surface area contributed by atoms with E-state index in [0.29, 0.717) is 12.1 Å². The third-order valence-corrected chi connectivity index (χ3v) is 5.94. The fourth-order valence-electron chi connectivity index (χ4n) is 4.23. The smallest absolute Gasteiger partial charge is 0.279 e. The zero-order chi connectivity index (χ0) is 20.9. The number of rotatable bonds is 6. The highest BCUT2D eigenvalue weighted by atomic mass is 16.5. The number of carbonyl (C=O) groups excluding carboxylic acids is 2. The molecule has 7 nitrogen and oxygen atoms in total. The summed E-state index contributed by atoms with van der Waals surface area (Å²) in [6, 6.07) is 13.5. The topological polar surface area (TPSA) is 76.3 Å². The van der Waals surface area contributed by atoms with Crippen LogP contribution in [-0.2, 0) is 17.8 Å². The maximum Gasteiger partial charge on any atom is 0.279 e. The Kier molecular flexibility index (Phi) is 6.30. The molecule has 4 N–H and O–H groups in total. The van der Waals surface area contributed by atoms with E-state index in [2.05, 4.69) is 28.8 Å². The lowest BCUT2D eigenvalue weighted by atomic mass is 10.1. The van der Waals surface area contributed by atoms with E-state index < -0.39 is 0 Å². The van der Waals surface area contributed by atoms with E-state index in [4.69, 9.17) is 4.74 Å². The monoisotopic (exact) mass is 410 g/mol. The molecule has 2 aromatic carbocycles. The molecule has 0 unspecified atom stereocenters. The van der Waals surface area contributed by atoms with Crippen molar-refractivity contribution in [3.05, 3.63) is 59.2 Å². The van der Waals surface area contributed by atoms with Crippen molar-refractivity contribution in [2.75, 3.05) is 51.7 Å². The van der Waals surface area contributed by atoms with Crippen LogP contribution in [0, 0.1) is 0 Å². The van der Waals surface area contributed by atoms with Gasteiger partial charge in [-0.1, -0.05) is 0 Å². The Balaban J connectivity index is 1.21. The van der Waals surface area contributed by atoms with Crippen molar-refractivity contribution in [2.24, 2.45) is 0 Å². The molecule has 1 fully saturated rings. The summed E-state index contributed by atoms with van der Waals surface area (Å²) in [6.07, 6.45) is 1.01. The van der Waals surface area contributed by atoms with Gasteiger partial charge in [-0.2, -0.15) is 0 Å². The summed E-state index contributed by atoms with van der Waals surface area (Å²) >= 11 is 0. The minimum atomic E-state index is -0.133. The number of piperazine rings is 1. The number of anilines is 1. The number of carbonyl (C=O) groups is 2. The average Bonchev–Trinajstić information content (AvgIpc) is 3.23. The Labute approximate surface area is 177 Å².